The van der Waals surface area contributed by atoms with E-state index in [-0.39, 0.29) is 39.5 Å². The Morgan fingerprint density at radius 2 is 1.63 bits per heavy atom. The molecule has 6 nitrogen and oxygen atoms in total. The van der Waals surface area contributed by atoms with E-state index in [0.29, 0.717) is 17.5 Å². The number of fused-ring (bicyclic) bond motifs is 1. The number of benzene rings is 3. The fourth-order valence-electron chi connectivity index (χ4n) is 3.93. The van der Waals surface area contributed by atoms with Crippen LogP contribution >= 0.6 is 0 Å². The third kappa shape index (κ3) is 5.80. The molecule has 0 aliphatic carbocycles. The Morgan fingerprint density at radius 3 is 2.26 bits per heavy atom. The summed E-state index contributed by atoms with van der Waals surface area (Å²) in [5.74, 6) is -1.59. The third-order valence-corrected chi connectivity index (χ3v) is 5.70. The molecule has 4 aromatic rings. The minimum Gasteiger partial charge on any atom is -0.455 e. The van der Waals surface area contributed by atoms with E-state index in [4.69, 9.17) is 4.42 Å². The van der Waals surface area contributed by atoms with Gasteiger partial charge in [0.25, 0.3) is 11.8 Å². The van der Waals surface area contributed by atoms with Gasteiger partial charge in [-0.3, -0.25) is 9.59 Å². The van der Waals surface area contributed by atoms with Crippen LogP contribution in [-0.4, -0.2) is 31.8 Å². The van der Waals surface area contributed by atoms with Crippen LogP contribution in [0.15, 0.2) is 65.1 Å². The van der Waals surface area contributed by atoms with Crippen molar-refractivity contribution in [3.8, 4) is 28.2 Å². The van der Waals surface area contributed by atoms with Crippen molar-refractivity contribution in [2.24, 2.45) is 5.92 Å². The van der Waals surface area contributed by atoms with E-state index in [9.17, 15) is 27.2 Å². The summed E-state index contributed by atoms with van der Waals surface area (Å²) in [7, 11) is 1.42. The standard InChI is InChI=1S/C28H24F4N2O4/c1-15(2)14-34-26(35)18-7-11-23(38-28(30,31)32)20(13-18)17-6-10-22-21(12-17)24(27(36)33-3)25(37-22)16-4-8-19(29)9-5-16/h4-13,15H,14H2,1-3H3,(H,33,36)(H,34,35). The number of alkyl halides is 3. The van der Waals surface area contributed by atoms with Crippen molar-refractivity contribution in [3.63, 3.8) is 0 Å². The summed E-state index contributed by atoms with van der Waals surface area (Å²) in [5.41, 5.74) is 1.24. The highest BCUT2D eigenvalue weighted by Gasteiger charge is 2.33. The average Bonchev–Trinajstić information content (AvgIpc) is 3.25. The number of hydrogen-bond donors (Lipinski definition) is 2. The van der Waals surface area contributed by atoms with Crippen LogP contribution in [-0.2, 0) is 0 Å². The monoisotopic (exact) mass is 528 g/mol. The van der Waals surface area contributed by atoms with Gasteiger partial charge in [0, 0.05) is 35.7 Å². The zero-order valence-electron chi connectivity index (χ0n) is 20.7. The van der Waals surface area contributed by atoms with Gasteiger partial charge in [0.2, 0.25) is 0 Å². The minimum atomic E-state index is -4.97. The Bertz CT molecular complexity index is 1490. The Balaban J connectivity index is 1.88. The number of carbonyl (C=O) groups excluding carboxylic acids is 2. The van der Waals surface area contributed by atoms with Crippen molar-refractivity contribution in [2.75, 3.05) is 13.6 Å². The molecule has 0 fully saturated rings. The molecule has 0 saturated heterocycles. The van der Waals surface area contributed by atoms with E-state index in [1.165, 1.54) is 61.6 Å². The SMILES string of the molecule is CNC(=O)c1c(-c2ccc(F)cc2)oc2ccc(-c3cc(C(=O)NCC(C)C)ccc3OC(F)(F)F)cc12. The lowest BCUT2D eigenvalue weighted by Crippen LogP contribution is -2.27. The van der Waals surface area contributed by atoms with E-state index in [2.05, 4.69) is 15.4 Å². The maximum Gasteiger partial charge on any atom is 0.573 e. The predicted molar refractivity (Wildman–Crippen MR) is 134 cm³/mol. The zero-order valence-corrected chi connectivity index (χ0v) is 20.7. The van der Waals surface area contributed by atoms with Gasteiger partial charge in [-0.25, -0.2) is 4.39 Å². The number of ether oxygens (including phenoxy) is 1. The van der Waals surface area contributed by atoms with Crippen molar-refractivity contribution in [2.45, 2.75) is 20.2 Å². The molecular weight excluding hydrogens is 504 g/mol. The lowest BCUT2D eigenvalue weighted by molar-refractivity contribution is -0.274. The van der Waals surface area contributed by atoms with Crippen LogP contribution in [0.25, 0.3) is 33.4 Å². The zero-order chi connectivity index (χ0) is 27.6. The molecule has 198 valence electrons. The molecule has 0 spiro atoms. The maximum atomic E-state index is 13.5. The van der Waals surface area contributed by atoms with Gasteiger partial charge in [-0.05, 0) is 66.1 Å². The van der Waals surface area contributed by atoms with Gasteiger partial charge < -0.3 is 19.8 Å². The Labute approximate surface area is 215 Å². The number of furan rings is 1. The fourth-order valence-corrected chi connectivity index (χ4v) is 3.93. The summed E-state index contributed by atoms with van der Waals surface area (Å²) < 4.78 is 63.2. The van der Waals surface area contributed by atoms with Gasteiger partial charge in [-0.2, -0.15) is 0 Å². The number of carbonyl (C=O) groups is 2. The van der Waals surface area contributed by atoms with Crippen LogP contribution in [0.2, 0.25) is 0 Å². The Morgan fingerprint density at radius 1 is 0.947 bits per heavy atom. The number of amides is 2. The van der Waals surface area contributed by atoms with E-state index < -0.39 is 29.7 Å². The van der Waals surface area contributed by atoms with E-state index in [1.807, 2.05) is 13.8 Å². The van der Waals surface area contributed by atoms with Gasteiger partial charge >= 0.3 is 6.36 Å². The van der Waals surface area contributed by atoms with Crippen LogP contribution in [0.3, 0.4) is 0 Å². The summed E-state index contributed by atoms with van der Waals surface area (Å²) >= 11 is 0. The smallest absolute Gasteiger partial charge is 0.455 e. The molecule has 0 saturated carbocycles. The van der Waals surface area contributed by atoms with Gasteiger partial charge in [0.1, 0.15) is 22.9 Å². The number of rotatable bonds is 7. The van der Waals surface area contributed by atoms with Crippen molar-refractivity contribution >= 4 is 22.8 Å². The van der Waals surface area contributed by atoms with Crippen LogP contribution < -0.4 is 15.4 Å². The molecule has 4 rings (SSSR count). The van der Waals surface area contributed by atoms with E-state index >= 15 is 0 Å². The van der Waals surface area contributed by atoms with Gasteiger partial charge in [-0.15, -0.1) is 13.2 Å². The molecule has 0 aliphatic rings. The topological polar surface area (TPSA) is 80.6 Å². The molecule has 0 radical (unpaired) electrons. The first-order chi connectivity index (χ1) is 18.0. The lowest BCUT2D eigenvalue weighted by Gasteiger charge is -2.15. The van der Waals surface area contributed by atoms with Gasteiger partial charge in [0.15, 0.2) is 0 Å². The Kier molecular flexibility index (Phi) is 7.43. The molecule has 2 N–H and O–H groups in total. The van der Waals surface area contributed by atoms with Crippen molar-refractivity contribution in [1.82, 2.24) is 10.6 Å². The molecule has 10 heteroatoms. The van der Waals surface area contributed by atoms with Crippen LogP contribution in [0.4, 0.5) is 17.6 Å². The maximum absolute atomic E-state index is 13.5. The summed E-state index contributed by atoms with van der Waals surface area (Å²) in [6.45, 7) is 4.21. The number of nitrogens with one attached hydrogen (secondary N) is 2. The van der Waals surface area contributed by atoms with E-state index in [1.54, 1.807) is 0 Å². The first kappa shape index (κ1) is 26.7. The first-order valence-electron chi connectivity index (χ1n) is 11.7. The second-order valence-corrected chi connectivity index (χ2v) is 8.97. The largest absolute Gasteiger partial charge is 0.573 e. The number of hydrogen-bond acceptors (Lipinski definition) is 4. The van der Waals surface area contributed by atoms with E-state index in [0.717, 1.165) is 6.07 Å². The second-order valence-electron chi connectivity index (χ2n) is 8.97. The molecule has 1 heterocycles. The molecule has 38 heavy (non-hydrogen) atoms. The van der Waals surface area contributed by atoms with Crippen molar-refractivity contribution in [1.29, 1.82) is 0 Å². The fraction of sp³-hybridized carbons (Fsp3) is 0.214. The van der Waals surface area contributed by atoms with Crippen molar-refractivity contribution < 1.29 is 36.3 Å². The average molecular weight is 529 g/mol. The molecule has 2 amide bonds. The summed E-state index contributed by atoms with van der Waals surface area (Å²) in [4.78, 5) is 25.5. The summed E-state index contributed by atoms with van der Waals surface area (Å²) in [6.07, 6.45) is -4.97. The third-order valence-electron chi connectivity index (χ3n) is 5.70. The highest BCUT2D eigenvalue weighted by molar-refractivity contribution is 6.12. The summed E-state index contributed by atoms with van der Waals surface area (Å²) in [5, 5.41) is 5.58. The molecular formula is C28H24F4N2O4. The lowest BCUT2D eigenvalue weighted by atomic mass is 9.98. The van der Waals surface area contributed by atoms with Gasteiger partial charge in [-0.1, -0.05) is 19.9 Å². The molecule has 1 aromatic heterocycles. The first-order valence-corrected chi connectivity index (χ1v) is 11.7. The normalized spacial score (nSPS) is 11.6. The molecule has 0 aliphatic heterocycles. The molecule has 0 bridgehead atoms. The van der Waals surface area contributed by atoms with Crippen LogP contribution in [0.1, 0.15) is 34.6 Å². The highest BCUT2D eigenvalue weighted by Crippen LogP contribution is 2.39. The predicted octanol–water partition coefficient (Wildman–Crippen LogP) is 6.55. The number of halogens is 4. The van der Waals surface area contributed by atoms with Gasteiger partial charge in [0.05, 0.1) is 5.56 Å². The van der Waals surface area contributed by atoms with Crippen LogP contribution in [0, 0.1) is 11.7 Å². The summed E-state index contributed by atoms with van der Waals surface area (Å²) in [6, 6.07) is 13.5. The highest BCUT2D eigenvalue weighted by atomic mass is 19.4. The molecule has 3 aromatic carbocycles. The quantitative estimate of drug-likeness (QED) is 0.267. The molecule has 0 unspecified atom stereocenters. The van der Waals surface area contributed by atoms with Crippen molar-refractivity contribution in [3.05, 3.63) is 77.6 Å². The minimum absolute atomic E-state index is 0.00573. The van der Waals surface area contributed by atoms with Crippen LogP contribution in [0.5, 0.6) is 5.75 Å². The Hall–Kier alpha value is -4.34. The molecule has 0 atom stereocenters. The second kappa shape index (κ2) is 10.6.